The highest BCUT2D eigenvalue weighted by Crippen LogP contribution is 2.23. The number of anilines is 1. The van der Waals surface area contributed by atoms with Gasteiger partial charge >= 0.3 is 0 Å². The van der Waals surface area contributed by atoms with Crippen molar-refractivity contribution >= 4 is 38.9 Å². The highest BCUT2D eigenvalue weighted by atomic mass is 79.9. The average Bonchev–Trinajstić information content (AvgIpc) is 2.43. The second kappa shape index (κ2) is 7.00. The highest BCUT2D eigenvalue weighted by Gasteiger charge is 2.10. The smallest absolute Gasteiger partial charge is 0.171 e. The molecule has 21 heavy (non-hydrogen) atoms. The Morgan fingerprint density at radius 2 is 1.95 bits per heavy atom. The lowest BCUT2D eigenvalue weighted by atomic mass is 10.1. The van der Waals surface area contributed by atoms with E-state index >= 15 is 0 Å². The first kappa shape index (κ1) is 15.9. The van der Waals surface area contributed by atoms with Crippen molar-refractivity contribution in [2.45, 2.75) is 19.9 Å². The first-order valence-corrected chi connectivity index (χ1v) is 7.75. The zero-order valence-corrected chi connectivity index (χ0v) is 14.2. The lowest BCUT2D eigenvalue weighted by molar-refractivity contribution is 0.619. The topological polar surface area (TPSA) is 24.1 Å². The van der Waals surface area contributed by atoms with Crippen LogP contribution in [0.3, 0.4) is 0 Å². The maximum absolute atomic E-state index is 13.5. The molecule has 0 aliphatic heterocycles. The summed E-state index contributed by atoms with van der Waals surface area (Å²) >= 11 is 8.79. The third-order valence-electron chi connectivity index (χ3n) is 3.15. The molecule has 0 radical (unpaired) electrons. The molecule has 5 heteroatoms. The van der Waals surface area contributed by atoms with Gasteiger partial charge in [-0.05, 0) is 55.4 Å². The molecule has 0 aromatic heterocycles. The van der Waals surface area contributed by atoms with Gasteiger partial charge in [0.2, 0.25) is 0 Å². The van der Waals surface area contributed by atoms with Crippen molar-refractivity contribution < 1.29 is 4.39 Å². The summed E-state index contributed by atoms with van der Waals surface area (Å²) in [6, 6.07) is 12.9. The Morgan fingerprint density at radius 1 is 1.24 bits per heavy atom. The summed E-state index contributed by atoms with van der Waals surface area (Å²) in [6.07, 6.45) is 0. The van der Waals surface area contributed by atoms with Crippen LogP contribution in [0.4, 0.5) is 10.1 Å². The van der Waals surface area contributed by atoms with Crippen LogP contribution in [0.25, 0.3) is 0 Å². The van der Waals surface area contributed by atoms with E-state index in [4.69, 9.17) is 12.2 Å². The summed E-state index contributed by atoms with van der Waals surface area (Å²) in [5.74, 6) is -0.248. The Balaban J connectivity index is 2.01. The van der Waals surface area contributed by atoms with E-state index in [0.29, 0.717) is 16.4 Å². The standard InChI is InChI=1S/C16H16BrFN2S/c1-10-7-8-12(9-15(10)18)20-16(21)19-11(2)13-5-3-4-6-14(13)17/h3-9,11H,1-2H3,(H2,19,20,21)/t11-/m1/s1. The normalized spacial score (nSPS) is 11.8. The third kappa shape index (κ3) is 4.25. The van der Waals surface area contributed by atoms with Gasteiger partial charge in [-0.2, -0.15) is 0 Å². The number of rotatable bonds is 3. The Bertz CT molecular complexity index is 660. The predicted octanol–water partition coefficient (Wildman–Crippen LogP) is 4.94. The predicted molar refractivity (Wildman–Crippen MR) is 93.1 cm³/mol. The SMILES string of the molecule is Cc1ccc(NC(=S)N[C@H](C)c2ccccc2Br)cc1F. The lowest BCUT2D eigenvalue weighted by Crippen LogP contribution is -2.31. The number of benzene rings is 2. The molecule has 0 aliphatic rings. The minimum absolute atomic E-state index is 0.0378. The lowest BCUT2D eigenvalue weighted by Gasteiger charge is -2.18. The molecular formula is C16H16BrFN2S. The summed E-state index contributed by atoms with van der Waals surface area (Å²) in [5.41, 5.74) is 2.35. The average molecular weight is 367 g/mol. The fraction of sp³-hybridized carbons (Fsp3) is 0.188. The molecular weight excluding hydrogens is 351 g/mol. The second-order valence-electron chi connectivity index (χ2n) is 4.81. The number of nitrogens with one attached hydrogen (secondary N) is 2. The number of hydrogen-bond donors (Lipinski definition) is 2. The van der Waals surface area contributed by atoms with Crippen LogP contribution in [0.1, 0.15) is 24.1 Å². The van der Waals surface area contributed by atoms with Crippen molar-refractivity contribution in [3.8, 4) is 0 Å². The maximum Gasteiger partial charge on any atom is 0.171 e. The fourth-order valence-corrected chi connectivity index (χ4v) is 2.86. The Hall–Kier alpha value is -1.46. The maximum atomic E-state index is 13.5. The number of halogens is 2. The van der Waals surface area contributed by atoms with Gasteiger partial charge in [0.1, 0.15) is 5.82 Å². The van der Waals surface area contributed by atoms with Gasteiger partial charge in [-0.15, -0.1) is 0 Å². The zero-order chi connectivity index (χ0) is 15.4. The number of hydrogen-bond acceptors (Lipinski definition) is 1. The van der Waals surface area contributed by atoms with E-state index in [0.717, 1.165) is 10.0 Å². The molecule has 2 N–H and O–H groups in total. The Morgan fingerprint density at radius 3 is 2.62 bits per heavy atom. The molecule has 2 nitrogen and oxygen atoms in total. The summed E-state index contributed by atoms with van der Waals surface area (Å²) in [6.45, 7) is 3.74. The number of aryl methyl sites for hydroxylation is 1. The summed E-state index contributed by atoms with van der Waals surface area (Å²) in [4.78, 5) is 0. The number of thiocarbonyl (C=S) groups is 1. The molecule has 2 rings (SSSR count). The first-order valence-electron chi connectivity index (χ1n) is 6.55. The van der Waals surface area contributed by atoms with E-state index < -0.39 is 0 Å². The van der Waals surface area contributed by atoms with Gasteiger partial charge in [0.05, 0.1) is 6.04 Å². The van der Waals surface area contributed by atoms with Crippen LogP contribution in [-0.4, -0.2) is 5.11 Å². The Kier molecular flexibility index (Phi) is 5.31. The molecule has 1 atom stereocenters. The molecule has 0 unspecified atom stereocenters. The van der Waals surface area contributed by atoms with Gasteiger partial charge in [0.25, 0.3) is 0 Å². The molecule has 0 fully saturated rings. The van der Waals surface area contributed by atoms with Crippen molar-refractivity contribution in [1.29, 1.82) is 0 Å². The quantitative estimate of drug-likeness (QED) is 0.751. The molecule has 0 saturated heterocycles. The van der Waals surface area contributed by atoms with E-state index in [1.54, 1.807) is 19.1 Å². The minimum atomic E-state index is -0.248. The van der Waals surface area contributed by atoms with Crippen molar-refractivity contribution in [3.63, 3.8) is 0 Å². The molecule has 2 aromatic carbocycles. The van der Waals surface area contributed by atoms with Gasteiger partial charge in [0, 0.05) is 10.2 Å². The molecule has 2 aromatic rings. The molecule has 0 bridgehead atoms. The van der Waals surface area contributed by atoms with Gasteiger partial charge in [-0.25, -0.2) is 4.39 Å². The fourth-order valence-electron chi connectivity index (χ4n) is 1.94. The minimum Gasteiger partial charge on any atom is -0.356 e. The second-order valence-corrected chi connectivity index (χ2v) is 6.07. The molecule has 0 saturated carbocycles. The van der Waals surface area contributed by atoms with Crippen LogP contribution < -0.4 is 10.6 Å². The van der Waals surface area contributed by atoms with E-state index in [1.807, 2.05) is 31.2 Å². The molecule has 0 heterocycles. The molecule has 110 valence electrons. The van der Waals surface area contributed by atoms with E-state index in [1.165, 1.54) is 6.07 Å². The summed E-state index contributed by atoms with van der Waals surface area (Å²) < 4.78 is 14.5. The van der Waals surface area contributed by atoms with Crippen LogP contribution in [-0.2, 0) is 0 Å². The van der Waals surface area contributed by atoms with Crippen LogP contribution in [0.5, 0.6) is 0 Å². The zero-order valence-electron chi connectivity index (χ0n) is 11.8. The third-order valence-corrected chi connectivity index (χ3v) is 4.09. The van der Waals surface area contributed by atoms with Crippen molar-refractivity contribution in [1.82, 2.24) is 5.32 Å². The molecule has 0 amide bonds. The van der Waals surface area contributed by atoms with Crippen molar-refractivity contribution in [2.24, 2.45) is 0 Å². The van der Waals surface area contributed by atoms with E-state index in [2.05, 4.69) is 26.6 Å². The highest BCUT2D eigenvalue weighted by molar-refractivity contribution is 9.10. The van der Waals surface area contributed by atoms with Crippen LogP contribution in [0.15, 0.2) is 46.9 Å². The molecule has 0 spiro atoms. The van der Waals surface area contributed by atoms with Crippen LogP contribution in [0.2, 0.25) is 0 Å². The first-order chi connectivity index (χ1) is 9.97. The van der Waals surface area contributed by atoms with Crippen LogP contribution >= 0.6 is 28.1 Å². The van der Waals surface area contributed by atoms with Gasteiger partial charge < -0.3 is 10.6 Å². The summed E-state index contributed by atoms with van der Waals surface area (Å²) in [5, 5.41) is 6.64. The summed E-state index contributed by atoms with van der Waals surface area (Å²) in [7, 11) is 0. The monoisotopic (exact) mass is 366 g/mol. The Labute approximate surface area is 137 Å². The van der Waals surface area contributed by atoms with E-state index in [9.17, 15) is 4.39 Å². The largest absolute Gasteiger partial charge is 0.356 e. The van der Waals surface area contributed by atoms with Crippen molar-refractivity contribution in [2.75, 3.05) is 5.32 Å². The van der Waals surface area contributed by atoms with Crippen molar-refractivity contribution in [3.05, 3.63) is 63.9 Å². The van der Waals surface area contributed by atoms with Gasteiger partial charge in [-0.3, -0.25) is 0 Å². The van der Waals surface area contributed by atoms with E-state index in [-0.39, 0.29) is 11.9 Å². The van der Waals surface area contributed by atoms with Crippen LogP contribution in [0, 0.1) is 12.7 Å². The van der Waals surface area contributed by atoms with Gasteiger partial charge in [-0.1, -0.05) is 40.2 Å². The molecule has 0 aliphatic carbocycles. The van der Waals surface area contributed by atoms with Gasteiger partial charge in [0.15, 0.2) is 5.11 Å².